The van der Waals surface area contributed by atoms with Gasteiger partial charge in [0.15, 0.2) is 0 Å². The van der Waals surface area contributed by atoms with Gasteiger partial charge in [0.05, 0.1) is 5.52 Å². The quantitative estimate of drug-likeness (QED) is 0.802. The van der Waals surface area contributed by atoms with Crippen molar-refractivity contribution in [2.45, 2.75) is 0 Å². The molecule has 0 amide bonds. The minimum absolute atomic E-state index is 0.152. The van der Waals surface area contributed by atoms with E-state index < -0.39 is 0 Å². The zero-order valence-electron chi connectivity index (χ0n) is 11.6. The van der Waals surface area contributed by atoms with Gasteiger partial charge in [-0.25, -0.2) is 0 Å². The first-order valence-electron chi connectivity index (χ1n) is 6.32. The number of pyridine rings is 1. The summed E-state index contributed by atoms with van der Waals surface area (Å²) < 4.78 is 0. The van der Waals surface area contributed by atoms with E-state index in [1.54, 1.807) is 11.1 Å². The predicted molar refractivity (Wildman–Crippen MR) is 84.2 cm³/mol. The van der Waals surface area contributed by atoms with Gasteiger partial charge in [0, 0.05) is 31.4 Å². The van der Waals surface area contributed by atoms with Gasteiger partial charge in [-0.2, -0.15) is 15.0 Å². The van der Waals surface area contributed by atoms with E-state index in [2.05, 4.69) is 25.3 Å². The first-order valence-corrected chi connectivity index (χ1v) is 6.70. The van der Waals surface area contributed by atoms with Crippen LogP contribution in [0.2, 0.25) is 5.28 Å². The Bertz CT molecular complexity index is 789. The zero-order chi connectivity index (χ0) is 14.8. The summed E-state index contributed by atoms with van der Waals surface area (Å²) in [5, 5.41) is 4.32. The molecule has 7 heteroatoms. The molecule has 0 spiro atoms. The Balaban J connectivity index is 1.94. The maximum atomic E-state index is 5.92. The van der Waals surface area contributed by atoms with Crippen molar-refractivity contribution >= 4 is 40.1 Å². The van der Waals surface area contributed by atoms with E-state index >= 15 is 0 Å². The number of nitrogens with zero attached hydrogens (tertiary/aromatic N) is 5. The third-order valence-electron chi connectivity index (χ3n) is 2.86. The topological polar surface area (TPSA) is 66.8 Å². The van der Waals surface area contributed by atoms with Crippen LogP contribution in [0, 0.1) is 0 Å². The smallest absolute Gasteiger partial charge is 0.233 e. The Hall–Kier alpha value is -2.47. The molecule has 21 heavy (non-hydrogen) atoms. The highest BCUT2D eigenvalue weighted by molar-refractivity contribution is 6.28. The average molecular weight is 301 g/mol. The van der Waals surface area contributed by atoms with Crippen LogP contribution in [0.3, 0.4) is 0 Å². The second kappa shape index (κ2) is 5.49. The molecule has 106 valence electrons. The molecule has 0 aliphatic rings. The Morgan fingerprint density at radius 1 is 1.10 bits per heavy atom. The fraction of sp³-hybridized carbons (Fsp3) is 0.143. The molecule has 0 aliphatic carbocycles. The number of halogens is 1. The molecule has 0 saturated heterocycles. The molecule has 0 atom stereocenters. The molecule has 1 aromatic carbocycles. The van der Waals surface area contributed by atoms with Crippen molar-refractivity contribution in [2.24, 2.45) is 0 Å². The van der Waals surface area contributed by atoms with Gasteiger partial charge >= 0.3 is 0 Å². The molecule has 0 radical (unpaired) electrons. The summed E-state index contributed by atoms with van der Waals surface area (Å²) in [6, 6.07) is 9.74. The van der Waals surface area contributed by atoms with Gasteiger partial charge in [-0.1, -0.05) is 6.07 Å². The second-order valence-electron chi connectivity index (χ2n) is 4.66. The van der Waals surface area contributed by atoms with Crippen molar-refractivity contribution in [3.05, 3.63) is 41.8 Å². The fourth-order valence-electron chi connectivity index (χ4n) is 1.88. The van der Waals surface area contributed by atoms with Crippen molar-refractivity contribution in [3.8, 4) is 0 Å². The van der Waals surface area contributed by atoms with Gasteiger partial charge in [-0.3, -0.25) is 4.98 Å². The van der Waals surface area contributed by atoms with E-state index in [0.29, 0.717) is 11.9 Å². The first kappa shape index (κ1) is 13.5. The second-order valence-corrected chi connectivity index (χ2v) is 5.00. The minimum Gasteiger partial charge on any atom is -0.347 e. The molecule has 0 fully saturated rings. The Morgan fingerprint density at radius 2 is 1.95 bits per heavy atom. The molecular formula is C14H13ClN6. The Kier molecular flexibility index (Phi) is 3.53. The predicted octanol–water partition coefficient (Wildman–Crippen LogP) is 2.88. The van der Waals surface area contributed by atoms with Crippen molar-refractivity contribution in [1.82, 2.24) is 19.9 Å². The number of fused-ring (bicyclic) bond motifs is 1. The van der Waals surface area contributed by atoms with Crippen LogP contribution in [0.4, 0.5) is 17.6 Å². The molecule has 3 rings (SSSR count). The highest BCUT2D eigenvalue weighted by atomic mass is 35.5. The third-order valence-corrected chi connectivity index (χ3v) is 3.02. The summed E-state index contributed by atoms with van der Waals surface area (Å²) in [5.41, 5.74) is 1.80. The van der Waals surface area contributed by atoms with Crippen LogP contribution in [0.1, 0.15) is 0 Å². The number of benzene rings is 1. The van der Waals surface area contributed by atoms with Crippen LogP contribution < -0.4 is 10.2 Å². The van der Waals surface area contributed by atoms with E-state index in [0.717, 1.165) is 16.6 Å². The highest BCUT2D eigenvalue weighted by Crippen LogP contribution is 2.20. The van der Waals surface area contributed by atoms with E-state index in [1.165, 1.54) is 0 Å². The Morgan fingerprint density at radius 3 is 2.76 bits per heavy atom. The SMILES string of the molecule is CN(C)c1nc(Cl)nc(Nc2ccc3ncccc3c2)n1. The normalized spacial score (nSPS) is 10.6. The maximum absolute atomic E-state index is 5.92. The molecule has 0 bridgehead atoms. The molecule has 0 aliphatic heterocycles. The molecule has 1 N–H and O–H groups in total. The standard InChI is InChI=1S/C14H13ClN6/c1-21(2)14-19-12(15)18-13(20-14)17-10-5-6-11-9(8-10)4-3-7-16-11/h3-8H,1-2H3,(H,17,18,19,20). The van der Waals surface area contributed by atoms with E-state index in [4.69, 9.17) is 11.6 Å². The van der Waals surface area contributed by atoms with Gasteiger partial charge < -0.3 is 10.2 Å². The Labute approximate surface area is 126 Å². The lowest BCUT2D eigenvalue weighted by Crippen LogP contribution is -2.14. The van der Waals surface area contributed by atoms with E-state index in [9.17, 15) is 0 Å². The van der Waals surface area contributed by atoms with Crippen LogP contribution in [0.15, 0.2) is 36.5 Å². The third kappa shape index (κ3) is 3.00. The lowest BCUT2D eigenvalue weighted by Gasteiger charge is -2.12. The molecule has 0 unspecified atom stereocenters. The van der Waals surface area contributed by atoms with Gasteiger partial charge in [0.2, 0.25) is 17.2 Å². The minimum atomic E-state index is 0.152. The van der Waals surface area contributed by atoms with Crippen LogP contribution in [-0.2, 0) is 0 Å². The van der Waals surface area contributed by atoms with E-state index in [-0.39, 0.29) is 5.28 Å². The average Bonchev–Trinajstić information content (AvgIpc) is 2.46. The molecule has 2 heterocycles. The molecule has 6 nitrogen and oxygen atoms in total. The number of rotatable bonds is 3. The number of hydrogen-bond donors (Lipinski definition) is 1. The lowest BCUT2D eigenvalue weighted by atomic mass is 10.2. The van der Waals surface area contributed by atoms with E-state index in [1.807, 2.05) is 44.4 Å². The molecule has 3 aromatic rings. The number of hydrogen-bond acceptors (Lipinski definition) is 6. The van der Waals surface area contributed by atoms with Crippen LogP contribution >= 0.6 is 11.6 Å². The zero-order valence-corrected chi connectivity index (χ0v) is 12.3. The van der Waals surface area contributed by atoms with Crippen LogP contribution in [0.5, 0.6) is 0 Å². The van der Waals surface area contributed by atoms with Crippen molar-refractivity contribution in [3.63, 3.8) is 0 Å². The summed E-state index contributed by atoms with van der Waals surface area (Å²) in [7, 11) is 3.69. The molecule has 2 aromatic heterocycles. The number of nitrogens with one attached hydrogen (secondary N) is 1. The lowest BCUT2D eigenvalue weighted by molar-refractivity contribution is 0.961. The highest BCUT2D eigenvalue weighted by Gasteiger charge is 2.07. The summed E-state index contributed by atoms with van der Waals surface area (Å²) in [6.07, 6.45) is 1.77. The van der Waals surface area contributed by atoms with Gasteiger partial charge in [0.25, 0.3) is 0 Å². The van der Waals surface area contributed by atoms with Gasteiger partial charge in [-0.15, -0.1) is 0 Å². The van der Waals surface area contributed by atoms with Gasteiger partial charge in [-0.05, 0) is 35.9 Å². The molecular weight excluding hydrogens is 288 g/mol. The number of anilines is 3. The summed E-state index contributed by atoms with van der Waals surface area (Å²) >= 11 is 5.92. The summed E-state index contributed by atoms with van der Waals surface area (Å²) in [4.78, 5) is 18.5. The summed E-state index contributed by atoms with van der Waals surface area (Å²) in [5.74, 6) is 0.905. The van der Waals surface area contributed by atoms with Crippen LogP contribution in [-0.4, -0.2) is 34.0 Å². The van der Waals surface area contributed by atoms with Crippen molar-refractivity contribution < 1.29 is 0 Å². The molecule has 0 saturated carbocycles. The largest absolute Gasteiger partial charge is 0.347 e. The maximum Gasteiger partial charge on any atom is 0.233 e. The number of aromatic nitrogens is 4. The van der Waals surface area contributed by atoms with Gasteiger partial charge in [0.1, 0.15) is 0 Å². The van der Waals surface area contributed by atoms with Crippen molar-refractivity contribution in [2.75, 3.05) is 24.3 Å². The van der Waals surface area contributed by atoms with Crippen molar-refractivity contribution in [1.29, 1.82) is 0 Å². The monoisotopic (exact) mass is 300 g/mol. The fourth-order valence-corrected chi connectivity index (χ4v) is 2.03. The van der Waals surface area contributed by atoms with Crippen LogP contribution in [0.25, 0.3) is 10.9 Å². The first-order chi connectivity index (χ1) is 10.1. The summed E-state index contributed by atoms with van der Waals surface area (Å²) in [6.45, 7) is 0.